The largest absolute Gasteiger partial charge is 0.352 e. The first-order chi connectivity index (χ1) is 13.5. The van der Waals surface area contributed by atoms with Crippen LogP contribution in [0.1, 0.15) is 18.4 Å². The molecule has 0 radical (unpaired) electrons. The summed E-state index contributed by atoms with van der Waals surface area (Å²) in [7, 11) is -1.93. The van der Waals surface area contributed by atoms with Gasteiger partial charge in [-0.3, -0.25) is 4.79 Å². The van der Waals surface area contributed by atoms with Crippen molar-refractivity contribution in [2.45, 2.75) is 23.6 Å². The molecule has 3 rings (SSSR count). The molecule has 2 aromatic heterocycles. The third-order valence-electron chi connectivity index (χ3n) is 4.18. The van der Waals surface area contributed by atoms with E-state index >= 15 is 0 Å². The van der Waals surface area contributed by atoms with Crippen LogP contribution in [0.25, 0.3) is 5.69 Å². The zero-order chi connectivity index (χ0) is 20.0. The molecule has 7 nitrogen and oxygen atoms in total. The predicted molar refractivity (Wildman–Crippen MR) is 109 cm³/mol. The number of amides is 1. The number of para-hydroxylation sites is 1. The molecule has 0 aliphatic rings. The third-order valence-corrected chi connectivity index (χ3v) is 7.41. The Morgan fingerprint density at radius 2 is 2.00 bits per heavy atom. The van der Waals surface area contributed by atoms with Gasteiger partial charge in [0.15, 0.2) is 0 Å². The molecule has 148 valence electrons. The van der Waals surface area contributed by atoms with Gasteiger partial charge in [-0.2, -0.15) is 5.10 Å². The lowest BCUT2D eigenvalue weighted by Crippen LogP contribution is -2.29. The molecule has 0 bridgehead atoms. The van der Waals surface area contributed by atoms with Gasteiger partial charge in [-0.25, -0.2) is 17.4 Å². The van der Waals surface area contributed by atoms with Gasteiger partial charge in [-0.05, 0) is 30.0 Å². The number of hydrogen-bond acceptors (Lipinski definition) is 5. The summed E-state index contributed by atoms with van der Waals surface area (Å²) in [6.45, 7) is 0.675. The Balaban J connectivity index is 1.42. The predicted octanol–water partition coefficient (Wildman–Crippen LogP) is 2.65. The lowest BCUT2D eigenvalue weighted by molar-refractivity contribution is -0.121. The van der Waals surface area contributed by atoms with Crippen molar-refractivity contribution in [3.63, 3.8) is 0 Å². The van der Waals surface area contributed by atoms with Gasteiger partial charge < -0.3 is 5.32 Å². The van der Waals surface area contributed by atoms with E-state index in [4.69, 9.17) is 0 Å². The lowest BCUT2D eigenvalue weighted by atomic mass is 10.3. The smallest absolute Gasteiger partial charge is 0.252 e. The van der Waals surface area contributed by atoms with Crippen LogP contribution in [0.5, 0.6) is 0 Å². The molecule has 28 heavy (non-hydrogen) atoms. The van der Waals surface area contributed by atoms with E-state index in [2.05, 4.69) is 10.4 Å². The molecule has 1 aromatic carbocycles. The van der Waals surface area contributed by atoms with Crippen molar-refractivity contribution in [2.75, 3.05) is 13.6 Å². The topological polar surface area (TPSA) is 84.3 Å². The number of carbonyl (C=O) groups is 1. The van der Waals surface area contributed by atoms with E-state index in [1.807, 2.05) is 36.5 Å². The third kappa shape index (κ3) is 5.06. The first-order valence-electron chi connectivity index (χ1n) is 8.82. The van der Waals surface area contributed by atoms with Gasteiger partial charge in [0.25, 0.3) is 10.0 Å². The quantitative estimate of drug-likeness (QED) is 0.579. The van der Waals surface area contributed by atoms with Crippen molar-refractivity contribution >= 4 is 27.3 Å². The number of nitrogens with one attached hydrogen (secondary N) is 1. The van der Waals surface area contributed by atoms with E-state index in [1.165, 1.54) is 22.7 Å². The zero-order valence-corrected chi connectivity index (χ0v) is 17.1. The van der Waals surface area contributed by atoms with Crippen molar-refractivity contribution in [1.29, 1.82) is 0 Å². The van der Waals surface area contributed by atoms with Crippen LogP contribution in [0.15, 0.2) is 64.4 Å². The Labute approximate surface area is 168 Å². The molecule has 0 unspecified atom stereocenters. The van der Waals surface area contributed by atoms with Crippen LogP contribution in [0.2, 0.25) is 0 Å². The number of thiophene rings is 1. The summed E-state index contributed by atoms with van der Waals surface area (Å²) < 4.78 is 28.0. The van der Waals surface area contributed by atoms with Gasteiger partial charge in [0.05, 0.1) is 11.9 Å². The first-order valence-corrected chi connectivity index (χ1v) is 11.1. The van der Waals surface area contributed by atoms with E-state index < -0.39 is 10.0 Å². The fourth-order valence-corrected chi connectivity index (χ4v) is 5.02. The summed E-state index contributed by atoms with van der Waals surface area (Å²) in [6, 6.07) is 13.0. The summed E-state index contributed by atoms with van der Waals surface area (Å²) in [6.07, 6.45) is 4.30. The van der Waals surface area contributed by atoms with E-state index in [9.17, 15) is 13.2 Å². The molecule has 1 amide bonds. The molecule has 9 heteroatoms. The highest BCUT2D eigenvalue weighted by molar-refractivity contribution is 7.91. The maximum absolute atomic E-state index is 12.3. The average Bonchev–Trinajstić information content (AvgIpc) is 3.39. The van der Waals surface area contributed by atoms with Crippen LogP contribution in [0.4, 0.5) is 0 Å². The summed E-state index contributed by atoms with van der Waals surface area (Å²) in [5.74, 6) is -0.116. The molecule has 0 aliphatic heterocycles. The SMILES string of the molecule is CN(CCCC(=O)NCc1cnn(-c2ccccc2)c1)S(=O)(=O)c1cccs1. The van der Waals surface area contributed by atoms with Crippen molar-refractivity contribution in [3.8, 4) is 5.69 Å². The molecule has 3 aromatic rings. The molecule has 1 N–H and O–H groups in total. The highest BCUT2D eigenvalue weighted by atomic mass is 32.2. The minimum atomic E-state index is -3.46. The molecule has 0 atom stereocenters. The minimum absolute atomic E-state index is 0.116. The highest BCUT2D eigenvalue weighted by Crippen LogP contribution is 2.20. The second kappa shape index (κ2) is 9.13. The van der Waals surface area contributed by atoms with Crippen molar-refractivity contribution < 1.29 is 13.2 Å². The molecular weight excluding hydrogens is 396 g/mol. The second-order valence-corrected chi connectivity index (χ2v) is 9.49. The lowest BCUT2D eigenvalue weighted by Gasteiger charge is -2.15. The van der Waals surface area contributed by atoms with Crippen LogP contribution >= 0.6 is 11.3 Å². The van der Waals surface area contributed by atoms with Gasteiger partial charge in [-0.15, -0.1) is 11.3 Å². The molecule has 0 saturated heterocycles. The number of nitrogens with zero attached hydrogens (tertiary/aromatic N) is 3. The number of rotatable bonds is 9. The standard InChI is InChI=1S/C19H22N4O3S2/c1-22(28(25,26)19-10-6-12-27-19)11-5-9-18(24)20-13-16-14-21-23(15-16)17-7-3-2-4-8-17/h2-4,6-8,10,12,14-15H,5,9,11,13H2,1H3,(H,20,24). The monoisotopic (exact) mass is 418 g/mol. The Hall–Kier alpha value is -2.49. The van der Waals surface area contributed by atoms with Crippen LogP contribution in [-0.4, -0.2) is 42.0 Å². The van der Waals surface area contributed by atoms with Crippen molar-refractivity contribution in [1.82, 2.24) is 19.4 Å². The van der Waals surface area contributed by atoms with Crippen LogP contribution in [-0.2, 0) is 21.4 Å². The summed E-state index contributed by atoms with van der Waals surface area (Å²) >= 11 is 1.19. The normalized spacial score (nSPS) is 11.6. The highest BCUT2D eigenvalue weighted by Gasteiger charge is 2.21. The fraction of sp³-hybridized carbons (Fsp3) is 0.263. The van der Waals surface area contributed by atoms with Crippen LogP contribution < -0.4 is 5.32 Å². The van der Waals surface area contributed by atoms with E-state index in [-0.39, 0.29) is 12.3 Å². The second-order valence-electron chi connectivity index (χ2n) is 6.27. The molecular formula is C19H22N4O3S2. The fourth-order valence-electron chi connectivity index (χ4n) is 2.61. The zero-order valence-electron chi connectivity index (χ0n) is 15.5. The minimum Gasteiger partial charge on any atom is -0.352 e. The van der Waals surface area contributed by atoms with Crippen molar-refractivity contribution in [2.24, 2.45) is 0 Å². The number of carbonyl (C=O) groups excluding carboxylic acids is 1. The summed E-state index contributed by atoms with van der Waals surface area (Å²) in [5.41, 5.74) is 1.85. The molecule has 0 aliphatic carbocycles. The van der Waals surface area contributed by atoms with Crippen LogP contribution in [0.3, 0.4) is 0 Å². The van der Waals surface area contributed by atoms with E-state index in [0.29, 0.717) is 23.7 Å². The molecule has 2 heterocycles. The molecule has 0 spiro atoms. The molecule has 0 fully saturated rings. The first kappa shape index (κ1) is 20.2. The van der Waals surface area contributed by atoms with Gasteiger partial charge in [0.2, 0.25) is 5.91 Å². The van der Waals surface area contributed by atoms with Gasteiger partial charge in [0.1, 0.15) is 4.21 Å². The Bertz CT molecular complexity index is 999. The number of hydrogen-bond donors (Lipinski definition) is 1. The Morgan fingerprint density at radius 1 is 1.21 bits per heavy atom. The number of aromatic nitrogens is 2. The van der Waals surface area contributed by atoms with Gasteiger partial charge in [0, 0.05) is 38.3 Å². The van der Waals surface area contributed by atoms with E-state index in [0.717, 1.165) is 11.3 Å². The van der Waals surface area contributed by atoms with Gasteiger partial charge >= 0.3 is 0 Å². The maximum atomic E-state index is 12.3. The Kier molecular flexibility index (Phi) is 6.61. The number of sulfonamides is 1. The average molecular weight is 419 g/mol. The van der Waals surface area contributed by atoms with Crippen molar-refractivity contribution in [3.05, 3.63) is 65.8 Å². The molecule has 0 saturated carbocycles. The summed E-state index contributed by atoms with van der Waals surface area (Å²) in [5, 5.41) is 8.87. The number of benzene rings is 1. The Morgan fingerprint density at radius 3 is 2.71 bits per heavy atom. The van der Waals surface area contributed by atoms with E-state index in [1.54, 1.807) is 28.4 Å². The van der Waals surface area contributed by atoms with Crippen LogP contribution in [0, 0.1) is 0 Å². The van der Waals surface area contributed by atoms with Gasteiger partial charge in [-0.1, -0.05) is 24.3 Å². The maximum Gasteiger partial charge on any atom is 0.252 e. The summed E-state index contributed by atoms with van der Waals surface area (Å²) in [4.78, 5) is 12.0.